The Bertz CT molecular complexity index is 1040. The number of hydrogen-bond acceptors (Lipinski definition) is 5. The van der Waals surface area contributed by atoms with E-state index in [-0.39, 0.29) is 0 Å². The molecule has 1 aromatic heterocycles. The highest BCUT2D eigenvalue weighted by Gasteiger charge is 2.16. The van der Waals surface area contributed by atoms with Crippen LogP contribution in [0.25, 0.3) is 22.7 Å². The Kier molecular flexibility index (Phi) is 5.32. The normalized spacial score (nSPS) is 11.3. The Hall–Kier alpha value is -3.46. The first kappa shape index (κ1) is 18.3. The van der Waals surface area contributed by atoms with Gasteiger partial charge in [-0.25, -0.2) is 4.98 Å². The van der Waals surface area contributed by atoms with E-state index < -0.39 is 0 Å². The van der Waals surface area contributed by atoms with Gasteiger partial charge in [-0.1, -0.05) is 12.1 Å². The summed E-state index contributed by atoms with van der Waals surface area (Å²) in [6.45, 7) is 2.74. The lowest BCUT2D eigenvalue weighted by molar-refractivity contribution is 0.348. The fourth-order valence-corrected chi connectivity index (χ4v) is 3.07. The third-order valence-electron chi connectivity index (χ3n) is 4.37. The maximum Gasteiger partial charge on any atom is 0.164 e. The number of nitriles is 1. The standard InChI is InChI=1S/C21H21N3O3/c1-5-24-17-9-7-6-8-16(17)23-21(24)15(13-22)10-14-11-19(26-3)20(27-4)12-18(14)25-2/h6-12H,5H2,1-4H3/b15-10-. The van der Waals surface area contributed by atoms with Gasteiger partial charge in [0.15, 0.2) is 17.3 Å². The van der Waals surface area contributed by atoms with Gasteiger partial charge >= 0.3 is 0 Å². The number of aromatic nitrogens is 2. The fourth-order valence-electron chi connectivity index (χ4n) is 3.07. The summed E-state index contributed by atoms with van der Waals surface area (Å²) in [4.78, 5) is 4.66. The average molecular weight is 363 g/mol. The van der Waals surface area contributed by atoms with Gasteiger partial charge in [0.2, 0.25) is 0 Å². The molecule has 3 aromatic rings. The molecule has 6 heteroatoms. The van der Waals surface area contributed by atoms with Gasteiger partial charge in [-0.2, -0.15) is 5.26 Å². The van der Waals surface area contributed by atoms with Gasteiger partial charge in [0, 0.05) is 18.2 Å². The van der Waals surface area contributed by atoms with Crippen LogP contribution in [0.2, 0.25) is 0 Å². The van der Waals surface area contributed by atoms with E-state index in [0.29, 0.717) is 40.8 Å². The van der Waals surface area contributed by atoms with Crippen molar-refractivity contribution < 1.29 is 14.2 Å². The van der Waals surface area contributed by atoms with Crippen LogP contribution in [-0.4, -0.2) is 30.9 Å². The van der Waals surface area contributed by atoms with Crippen LogP contribution in [0.4, 0.5) is 0 Å². The third kappa shape index (κ3) is 3.32. The third-order valence-corrected chi connectivity index (χ3v) is 4.37. The highest BCUT2D eigenvalue weighted by atomic mass is 16.5. The van der Waals surface area contributed by atoms with Crippen molar-refractivity contribution in [2.45, 2.75) is 13.5 Å². The minimum absolute atomic E-state index is 0.443. The number of fused-ring (bicyclic) bond motifs is 1. The molecule has 1 heterocycles. The van der Waals surface area contributed by atoms with E-state index in [1.165, 1.54) is 0 Å². The van der Waals surface area contributed by atoms with Gasteiger partial charge in [0.05, 0.1) is 37.9 Å². The predicted molar refractivity (Wildman–Crippen MR) is 105 cm³/mol. The lowest BCUT2D eigenvalue weighted by atomic mass is 10.1. The van der Waals surface area contributed by atoms with Crippen LogP contribution in [0.3, 0.4) is 0 Å². The van der Waals surface area contributed by atoms with Crippen molar-refractivity contribution in [2.24, 2.45) is 0 Å². The Morgan fingerprint density at radius 3 is 2.37 bits per heavy atom. The molecule has 138 valence electrons. The molecule has 0 radical (unpaired) electrons. The maximum absolute atomic E-state index is 9.81. The topological polar surface area (TPSA) is 69.3 Å². The minimum atomic E-state index is 0.443. The summed E-state index contributed by atoms with van der Waals surface area (Å²) in [7, 11) is 4.71. The minimum Gasteiger partial charge on any atom is -0.496 e. The zero-order valence-corrected chi connectivity index (χ0v) is 15.8. The van der Waals surface area contributed by atoms with Crippen LogP contribution in [0.15, 0.2) is 36.4 Å². The molecule has 6 nitrogen and oxygen atoms in total. The van der Waals surface area contributed by atoms with Crippen molar-refractivity contribution in [3.63, 3.8) is 0 Å². The van der Waals surface area contributed by atoms with Crippen LogP contribution < -0.4 is 14.2 Å². The smallest absolute Gasteiger partial charge is 0.164 e. The second kappa shape index (κ2) is 7.83. The molecule has 0 fully saturated rings. The highest BCUT2D eigenvalue weighted by Crippen LogP contribution is 2.36. The molecule has 0 aliphatic rings. The van der Waals surface area contributed by atoms with Gasteiger partial charge in [-0.15, -0.1) is 0 Å². The van der Waals surface area contributed by atoms with Crippen LogP contribution in [0.5, 0.6) is 17.2 Å². The van der Waals surface area contributed by atoms with Crippen molar-refractivity contribution in [3.05, 3.63) is 47.8 Å². The molecule has 0 saturated heterocycles. The number of ether oxygens (including phenoxy) is 3. The molecular formula is C21H21N3O3. The lowest BCUT2D eigenvalue weighted by Gasteiger charge is -2.12. The molecule has 0 N–H and O–H groups in total. The second-order valence-corrected chi connectivity index (χ2v) is 5.79. The van der Waals surface area contributed by atoms with Gasteiger partial charge < -0.3 is 18.8 Å². The summed E-state index contributed by atoms with van der Waals surface area (Å²) in [6, 6.07) is 13.6. The number of aryl methyl sites for hydroxylation is 1. The summed E-state index contributed by atoms with van der Waals surface area (Å²) in [6.07, 6.45) is 1.76. The van der Waals surface area contributed by atoms with E-state index in [9.17, 15) is 5.26 Å². The summed E-state index contributed by atoms with van der Waals surface area (Å²) >= 11 is 0. The summed E-state index contributed by atoms with van der Waals surface area (Å²) < 4.78 is 18.2. The Morgan fingerprint density at radius 1 is 1.07 bits per heavy atom. The second-order valence-electron chi connectivity index (χ2n) is 5.79. The molecule has 2 aromatic carbocycles. The molecule has 0 aliphatic carbocycles. The number of allylic oxidation sites excluding steroid dienone is 1. The zero-order chi connectivity index (χ0) is 19.4. The van der Waals surface area contributed by atoms with Crippen LogP contribution >= 0.6 is 0 Å². The first-order chi connectivity index (χ1) is 13.2. The van der Waals surface area contributed by atoms with E-state index in [1.807, 2.05) is 35.8 Å². The molecule has 27 heavy (non-hydrogen) atoms. The highest BCUT2D eigenvalue weighted by molar-refractivity contribution is 5.92. The van der Waals surface area contributed by atoms with E-state index in [1.54, 1.807) is 39.5 Å². The maximum atomic E-state index is 9.81. The lowest BCUT2D eigenvalue weighted by Crippen LogP contribution is -2.01. The Labute approximate surface area is 158 Å². The van der Waals surface area contributed by atoms with Crippen molar-refractivity contribution in [1.82, 2.24) is 9.55 Å². The van der Waals surface area contributed by atoms with E-state index in [0.717, 1.165) is 11.0 Å². The number of imidazole rings is 1. The van der Waals surface area contributed by atoms with Crippen molar-refractivity contribution in [3.8, 4) is 23.3 Å². The number of nitrogens with zero attached hydrogens (tertiary/aromatic N) is 3. The summed E-state index contributed by atoms with van der Waals surface area (Å²) in [5, 5.41) is 9.81. The molecule has 0 aliphatic heterocycles. The first-order valence-electron chi connectivity index (χ1n) is 8.54. The summed E-state index contributed by atoms with van der Waals surface area (Å²) in [5.41, 5.74) is 3.00. The van der Waals surface area contributed by atoms with Crippen LogP contribution in [0.1, 0.15) is 18.3 Å². The van der Waals surface area contributed by atoms with Crippen molar-refractivity contribution >= 4 is 22.7 Å². The molecule has 0 spiro atoms. The number of para-hydroxylation sites is 2. The van der Waals surface area contributed by atoms with Crippen LogP contribution in [-0.2, 0) is 6.54 Å². The van der Waals surface area contributed by atoms with Gasteiger partial charge in [0.25, 0.3) is 0 Å². The van der Waals surface area contributed by atoms with E-state index in [4.69, 9.17) is 14.2 Å². The molecule has 0 bridgehead atoms. The van der Waals surface area contributed by atoms with Crippen molar-refractivity contribution in [2.75, 3.05) is 21.3 Å². The number of hydrogen-bond donors (Lipinski definition) is 0. The largest absolute Gasteiger partial charge is 0.496 e. The summed E-state index contributed by atoms with van der Waals surface area (Å²) in [5.74, 6) is 2.33. The van der Waals surface area contributed by atoms with Crippen LogP contribution in [0, 0.1) is 11.3 Å². The van der Waals surface area contributed by atoms with Gasteiger partial charge in [-0.05, 0) is 31.2 Å². The predicted octanol–water partition coefficient (Wildman–Crippen LogP) is 4.15. The molecule has 0 saturated carbocycles. The monoisotopic (exact) mass is 363 g/mol. The molecule has 0 atom stereocenters. The van der Waals surface area contributed by atoms with E-state index >= 15 is 0 Å². The molecule has 0 amide bonds. The fraction of sp³-hybridized carbons (Fsp3) is 0.238. The van der Waals surface area contributed by atoms with Crippen molar-refractivity contribution in [1.29, 1.82) is 5.26 Å². The van der Waals surface area contributed by atoms with Gasteiger partial charge in [0.1, 0.15) is 11.8 Å². The first-order valence-corrected chi connectivity index (χ1v) is 8.54. The zero-order valence-electron chi connectivity index (χ0n) is 15.8. The number of rotatable bonds is 6. The molecule has 3 rings (SSSR count). The van der Waals surface area contributed by atoms with Gasteiger partial charge in [-0.3, -0.25) is 0 Å². The number of methoxy groups -OCH3 is 3. The quantitative estimate of drug-likeness (QED) is 0.616. The average Bonchev–Trinajstić information content (AvgIpc) is 3.09. The number of benzene rings is 2. The Balaban J connectivity index is 2.20. The SMILES string of the molecule is CCn1c(/C(C#N)=C\c2cc(OC)c(OC)cc2OC)nc2ccccc21. The molecular weight excluding hydrogens is 342 g/mol. The Morgan fingerprint density at radius 2 is 1.74 bits per heavy atom. The van der Waals surface area contributed by atoms with E-state index in [2.05, 4.69) is 11.1 Å². The molecule has 0 unspecified atom stereocenters.